The summed E-state index contributed by atoms with van der Waals surface area (Å²) in [6, 6.07) is 8.00. The minimum absolute atomic E-state index is 0.163. The Morgan fingerprint density at radius 3 is 1.06 bits per heavy atom. The fraction of sp³-hybridized carbons (Fsp3) is 0.161. The molecule has 2 N–H and O–H groups in total. The van der Waals surface area contributed by atoms with Crippen molar-refractivity contribution in [1.29, 1.82) is 10.5 Å². The van der Waals surface area contributed by atoms with Gasteiger partial charge < -0.3 is 9.47 Å². The molecule has 0 aliphatic carbocycles. The van der Waals surface area contributed by atoms with Crippen LogP contribution in [-0.2, 0) is 17.8 Å². The summed E-state index contributed by atoms with van der Waals surface area (Å²) in [6.07, 6.45) is -19.3. The number of rotatable bonds is 8. The fourth-order valence-electron chi connectivity index (χ4n) is 4.75. The molecule has 0 atom stereocenters. The summed E-state index contributed by atoms with van der Waals surface area (Å²) in [6.45, 7) is 0. The van der Waals surface area contributed by atoms with Crippen molar-refractivity contribution in [2.24, 2.45) is 0 Å². The smallest absolute Gasteiger partial charge is 0.419 e. The maximum atomic E-state index is 14.6. The van der Waals surface area contributed by atoms with Gasteiger partial charge in [-0.15, -0.1) is 0 Å². The molecule has 4 aromatic rings. The van der Waals surface area contributed by atoms with Gasteiger partial charge in [-0.3, -0.25) is 10.6 Å². The Hall–Kier alpha value is -5.78. The van der Waals surface area contributed by atoms with Gasteiger partial charge in [-0.2, -0.15) is 63.2 Å². The van der Waals surface area contributed by atoms with Crippen LogP contribution in [0, 0.1) is 22.9 Å². The minimum Gasteiger partial charge on any atom is -0.457 e. The van der Waals surface area contributed by atoms with Gasteiger partial charge in [-0.05, 0) is 59.7 Å². The first kappa shape index (κ1) is 36.1. The number of benzene rings is 4. The van der Waals surface area contributed by atoms with Crippen molar-refractivity contribution in [2.75, 3.05) is 10.6 Å². The van der Waals surface area contributed by atoms with Gasteiger partial charge in [0.2, 0.25) is 5.41 Å². The second kappa shape index (κ2) is 13.0. The molecule has 0 spiro atoms. The van der Waals surface area contributed by atoms with Crippen molar-refractivity contribution < 1.29 is 62.2 Å². The summed E-state index contributed by atoms with van der Waals surface area (Å²) >= 11 is 0. The van der Waals surface area contributed by atoms with Crippen molar-refractivity contribution in [3.05, 3.63) is 107 Å². The Bertz CT molecular complexity index is 1750. The van der Waals surface area contributed by atoms with E-state index in [1.807, 2.05) is 0 Å². The lowest BCUT2D eigenvalue weighted by Crippen LogP contribution is -2.54. The number of nitriles is 2. The lowest BCUT2D eigenvalue weighted by Gasteiger charge is -2.38. The summed E-state index contributed by atoms with van der Waals surface area (Å²) in [7, 11) is 0. The monoisotopic (exact) mass is 704 g/mol. The summed E-state index contributed by atoms with van der Waals surface area (Å²) in [5.74, 6) is -3.04. The van der Waals surface area contributed by atoms with E-state index in [1.165, 1.54) is 12.4 Å². The zero-order valence-electron chi connectivity index (χ0n) is 23.8. The maximum Gasteiger partial charge on any atom is 0.419 e. The highest BCUT2D eigenvalue weighted by molar-refractivity contribution is 5.57. The molecule has 0 saturated heterocycles. The van der Waals surface area contributed by atoms with Gasteiger partial charge in [0.1, 0.15) is 23.0 Å². The van der Waals surface area contributed by atoms with Gasteiger partial charge >= 0.3 is 24.7 Å². The lowest BCUT2D eigenvalue weighted by atomic mass is 9.73. The molecule has 49 heavy (non-hydrogen) atoms. The van der Waals surface area contributed by atoms with Crippen molar-refractivity contribution in [2.45, 2.75) is 30.1 Å². The SMILES string of the molecule is N#CNc1ccc(C(F)(F)F)c(Oc2ccc(C(c3ccc(Oc4cc(NC#N)ccc4C(F)(F)F)cc3)(C(F)(F)F)C(F)(F)F)cc2)c1. The Morgan fingerprint density at radius 2 is 0.796 bits per heavy atom. The average molecular weight is 704 g/mol. The molecule has 0 saturated carbocycles. The van der Waals surface area contributed by atoms with Crippen LogP contribution in [0.5, 0.6) is 23.0 Å². The van der Waals surface area contributed by atoms with Crippen LogP contribution in [0.1, 0.15) is 22.3 Å². The summed E-state index contributed by atoms with van der Waals surface area (Å²) in [5, 5.41) is 21.6. The van der Waals surface area contributed by atoms with Gasteiger partial charge in [0.05, 0.1) is 22.5 Å². The molecule has 6 nitrogen and oxygen atoms in total. The van der Waals surface area contributed by atoms with E-state index in [-0.39, 0.29) is 11.4 Å². The first-order valence-corrected chi connectivity index (χ1v) is 13.2. The van der Waals surface area contributed by atoms with Crippen molar-refractivity contribution in [1.82, 2.24) is 0 Å². The Balaban J connectivity index is 1.76. The quantitative estimate of drug-likeness (QED) is 0.108. The first-order valence-electron chi connectivity index (χ1n) is 13.2. The van der Waals surface area contributed by atoms with Crippen molar-refractivity contribution in [3.63, 3.8) is 0 Å². The summed E-state index contributed by atoms with van der Waals surface area (Å²) < 4.78 is 179. The zero-order valence-corrected chi connectivity index (χ0v) is 23.8. The van der Waals surface area contributed by atoms with Crippen molar-refractivity contribution in [3.8, 4) is 35.4 Å². The zero-order chi connectivity index (χ0) is 36.4. The van der Waals surface area contributed by atoms with Crippen LogP contribution in [0.3, 0.4) is 0 Å². The third kappa shape index (κ3) is 7.38. The van der Waals surface area contributed by atoms with E-state index in [2.05, 4.69) is 10.6 Å². The molecule has 0 heterocycles. The van der Waals surface area contributed by atoms with Crippen LogP contribution in [0.25, 0.3) is 0 Å². The van der Waals surface area contributed by atoms with E-state index >= 15 is 0 Å². The molecule has 0 bridgehead atoms. The molecule has 4 rings (SSSR count). The molecule has 18 heteroatoms. The number of halogens is 12. The molecular weight excluding hydrogens is 688 g/mol. The third-order valence-corrected chi connectivity index (χ3v) is 6.86. The third-order valence-electron chi connectivity index (χ3n) is 6.86. The molecule has 0 unspecified atom stereocenters. The number of anilines is 2. The largest absolute Gasteiger partial charge is 0.457 e. The van der Waals surface area contributed by atoms with Crippen LogP contribution in [0.15, 0.2) is 84.9 Å². The maximum absolute atomic E-state index is 14.6. The van der Waals surface area contributed by atoms with Crippen LogP contribution in [0.4, 0.5) is 64.1 Å². The Labute approximate surface area is 267 Å². The van der Waals surface area contributed by atoms with E-state index in [9.17, 15) is 52.7 Å². The van der Waals surface area contributed by atoms with Crippen LogP contribution >= 0.6 is 0 Å². The number of nitrogens with one attached hydrogen (secondary N) is 2. The fourth-order valence-corrected chi connectivity index (χ4v) is 4.75. The number of hydrogen-bond acceptors (Lipinski definition) is 6. The second-order valence-electron chi connectivity index (χ2n) is 9.89. The van der Waals surface area contributed by atoms with E-state index in [0.717, 1.165) is 24.3 Å². The first-order chi connectivity index (χ1) is 22.7. The Morgan fingerprint density at radius 1 is 0.469 bits per heavy atom. The van der Waals surface area contributed by atoms with Crippen molar-refractivity contribution >= 4 is 11.4 Å². The van der Waals surface area contributed by atoms with E-state index in [0.29, 0.717) is 60.7 Å². The standard InChI is InChI=1S/C31H16F12N4O2/c32-28(33,34)23-11-5-19(46-15-44)13-25(23)48-21-7-1-17(2-8-21)27(30(38,39)40,31(41,42)43)18-3-9-22(10-4-18)49-26-14-20(47-16-45)6-12-24(26)29(35,36)37/h1-14,46-47H. The molecular formula is C31H16F12N4O2. The molecule has 0 amide bonds. The van der Waals surface area contributed by atoms with E-state index in [4.69, 9.17) is 20.0 Å². The molecule has 0 fully saturated rings. The van der Waals surface area contributed by atoms with Gasteiger partial charge in [0.15, 0.2) is 12.4 Å². The molecule has 4 aromatic carbocycles. The van der Waals surface area contributed by atoms with E-state index in [1.54, 1.807) is 0 Å². The van der Waals surface area contributed by atoms with E-state index < -0.39 is 75.4 Å². The van der Waals surface area contributed by atoms with Gasteiger partial charge in [0, 0.05) is 12.1 Å². The van der Waals surface area contributed by atoms with Crippen LogP contribution in [0.2, 0.25) is 0 Å². The Kier molecular flexibility index (Phi) is 9.58. The van der Waals surface area contributed by atoms with Crippen LogP contribution < -0.4 is 20.1 Å². The predicted octanol–water partition coefficient (Wildman–Crippen LogP) is 10.5. The van der Waals surface area contributed by atoms with Gasteiger partial charge in [-0.1, -0.05) is 24.3 Å². The molecule has 0 aliphatic rings. The number of hydrogen-bond donors (Lipinski definition) is 2. The molecule has 0 aliphatic heterocycles. The minimum atomic E-state index is -6.10. The second-order valence-corrected chi connectivity index (χ2v) is 9.89. The molecule has 256 valence electrons. The topological polar surface area (TPSA) is 90.1 Å². The highest BCUT2D eigenvalue weighted by Gasteiger charge is 2.72. The highest BCUT2D eigenvalue weighted by atomic mass is 19.4. The predicted molar refractivity (Wildman–Crippen MR) is 147 cm³/mol. The highest BCUT2D eigenvalue weighted by Crippen LogP contribution is 2.56. The van der Waals surface area contributed by atoms with Crippen LogP contribution in [-0.4, -0.2) is 12.4 Å². The lowest BCUT2D eigenvalue weighted by molar-refractivity contribution is -0.288. The number of nitrogens with zero attached hydrogens (tertiary/aromatic N) is 2. The number of ether oxygens (including phenoxy) is 2. The molecule has 0 aromatic heterocycles. The van der Waals surface area contributed by atoms with Gasteiger partial charge in [0.25, 0.3) is 0 Å². The summed E-state index contributed by atoms with van der Waals surface area (Å²) in [5.41, 5.74) is -10.7. The van der Waals surface area contributed by atoms with Gasteiger partial charge in [-0.25, -0.2) is 0 Å². The summed E-state index contributed by atoms with van der Waals surface area (Å²) in [4.78, 5) is 0. The average Bonchev–Trinajstić information content (AvgIpc) is 2.97. The number of alkyl halides is 12. The molecule has 0 radical (unpaired) electrons. The normalized spacial score (nSPS) is 12.4.